The topological polar surface area (TPSA) is 3.24 Å². The lowest BCUT2D eigenvalue weighted by atomic mass is 9.70. The summed E-state index contributed by atoms with van der Waals surface area (Å²) in [4.78, 5) is 2.49. The van der Waals surface area contributed by atoms with Crippen molar-refractivity contribution in [1.82, 2.24) is 0 Å². The summed E-state index contributed by atoms with van der Waals surface area (Å²) in [5.74, 6) is 0.649. The highest BCUT2D eigenvalue weighted by Gasteiger charge is 2.52. The zero-order valence-corrected chi connectivity index (χ0v) is 36.7. The van der Waals surface area contributed by atoms with Crippen molar-refractivity contribution in [2.24, 2.45) is 0 Å². The van der Waals surface area contributed by atoms with Crippen LogP contribution in [0.4, 0.5) is 17.1 Å². The molecule has 0 heterocycles. The van der Waals surface area contributed by atoms with E-state index in [1.807, 2.05) is 0 Å². The predicted molar refractivity (Wildman–Crippen MR) is 269 cm³/mol. The molecule has 1 fully saturated rings. The summed E-state index contributed by atoms with van der Waals surface area (Å²) in [5.41, 5.74) is 25.3. The van der Waals surface area contributed by atoms with E-state index >= 15 is 0 Å². The number of rotatable bonds is 7. The van der Waals surface area contributed by atoms with E-state index in [1.165, 1.54) is 132 Å². The molecule has 3 aliphatic carbocycles. The van der Waals surface area contributed by atoms with Gasteiger partial charge in [-0.15, -0.1) is 0 Å². The second kappa shape index (κ2) is 15.5. The van der Waals surface area contributed by atoms with E-state index in [4.69, 9.17) is 0 Å². The molecule has 0 unspecified atom stereocenters. The molecular formula is C63H51N. The Morgan fingerprint density at radius 3 is 1.38 bits per heavy atom. The second-order valence-electron chi connectivity index (χ2n) is 18.4. The number of fused-ring (bicyclic) bond motifs is 10. The molecule has 12 rings (SSSR count). The number of benzene rings is 9. The van der Waals surface area contributed by atoms with Gasteiger partial charge in [-0.1, -0.05) is 200 Å². The van der Waals surface area contributed by atoms with Gasteiger partial charge in [0.25, 0.3) is 0 Å². The van der Waals surface area contributed by atoms with Crippen LogP contribution in [-0.4, -0.2) is 0 Å². The van der Waals surface area contributed by atoms with Gasteiger partial charge in [0.05, 0.1) is 5.41 Å². The molecule has 64 heavy (non-hydrogen) atoms. The third kappa shape index (κ3) is 6.13. The van der Waals surface area contributed by atoms with Crippen molar-refractivity contribution in [1.29, 1.82) is 0 Å². The van der Waals surface area contributed by atoms with Crippen molar-refractivity contribution in [2.75, 3.05) is 4.90 Å². The third-order valence-corrected chi connectivity index (χ3v) is 14.6. The van der Waals surface area contributed by atoms with Crippen LogP contribution in [0, 0.1) is 13.8 Å². The summed E-state index contributed by atoms with van der Waals surface area (Å²) in [6, 6.07) is 77.9. The zero-order valence-electron chi connectivity index (χ0n) is 36.7. The molecule has 308 valence electrons. The van der Waals surface area contributed by atoms with Gasteiger partial charge in [0, 0.05) is 17.1 Å². The standard InChI is InChI=1S/C63H51N/c1-42-25-36-56-57-37-26-43(2)40-61(57)63(60(56)39-42)59-24-14-13-23-55(59)58-38-35-50(41-62(58)63)64(48-31-27-45(28-32-48)44-15-5-3-6-16-44)49-33-29-47(30-34-49)52-20-10-12-22-54(52)53-21-11-9-19-51(53)46-17-7-4-8-18-46/h4,7-14,17-41,44H,3,5-6,15-16H2,1-2H3. The Balaban J connectivity index is 1.02. The molecular weight excluding hydrogens is 771 g/mol. The summed E-state index contributed by atoms with van der Waals surface area (Å²) >= 11 is 0. The van der Waals surface area contributed by atoms with E-state index in [2.05, 4.69) is 225 Å². The van der Waals surface area contributed by atoms with Crippen LogP contribution in [-0.2, 0) is 5.41 Å². The van der Waals surface area contributed by atoms with Gasteiger partial charge in [-0.05, 0) is 152 Å². The van der Waals surface area contributed by atoms with Gasteiger partial charge in [-0.3, -0.25) is 0 Å². The van der Waals surface area contributed by atoms with Crippen molar-refractivity contribution >= 4 is 17.1 Å². The summed E-state index contributed by atoms with van der Waals surface area (Å²) < 4.78 is 0. The fraction of sp³-hybridized carbons (Fsp3) is 0.143. The maximum Gasteiger partial charge on any atom is 0.0726 e. The lowest BCUT2D eigenvalue weighted by Gasteiger charge is -2.32. The minimum absolute atomic E-state index is 0.426. The van der Waals surface area contributed by atoms with Gasteiger partial charge in [0.2, 0.25) is 0 Å². The molecule has 0 radical (unpaired) electrons. The van der Waals surface area contributed by atoms with Crippen molar-refractivity contribution in [2.45, 2.75) is 57.3 Å². The molecule has 1 spiro atoms. The fourth-order valence-corrected chi connectivity index (χ4v) is 11.7. The lowest BCUT2D eigenvalue weighted by Crippen LogP contribution is -2.26. The molecule has 3 aliphatic rings. The van der Waals surface area contributed by atoms with Crippen LogP contribution in [0.1, 0.15) is 77.0 Å². The van der Waals surface area contributed by atoms with Crippen molar-refractivity contribution < 1.29 is 0 Å². The Labute approximate surface area is 378 Å². The second-order valence-corrected chi connectivity index (χ2v) is 18.4. The Morgan fingerprint density at radius 1 is 0.344 bits per heavy atom. The lowest BCUT2D eigenvalue weighted by molar-refractivity contribution is 0.443. The van der Waals surface area contributed by atoms with Gasteiger partial charge in [0.15, 0.2) is 0 Å². The number of hydrogen-bond acceptors (Lipinski definition) is 1. The molecule has 9 aromatic rings. The average molecular weight is 822 g/mol. The first-order chi connectivity index (χ1) is 31.6. The summed E-state index contributed by atoms with van der Waals surface area (Å²) in [7, 11) is 0. The quantitative estimate of drug-likeness (QED) is 0.155. The monoisotopic (exact) mass is 821 g/mol. The zero-order chi connectivity index (χ0) is 42.8. The molecule has 1 heteroatoms. The number of hydrogen-bond donors (Lipinski definition) is 0. The van der Waals surface area contributed by atoms with Crippen LogP contribution in [0.25, 0.3) is 55.6 Å². The van der Waals surface area contributed by atoms with Crippen LogP contribution in [0.2, 0.25) is 0 Å². The molecule has 0 amide bonds. The highest BCUT2D eigenvalue weighted by Crippen LogP contribution is 2.63. The van der Waals surface area contributed by atoms with Crippen molar-refractivity contribution in [3.8, 4) is 55.6 Å². The number of nitrogens with zero attached hydrogens (tertiary/aromatic N) is 1. The first-order valence-electron chi connectivity index (χ1n) is 23.3. The fourth-order valence-electron chi connectivity index (χ4n) is 11.7. The normalized spacial score (nSPS) is 14.5. The highest BCUT2D eigenvalue weighted by atomic mass is 15.1. The average Bonchev–Trinajstić information content (AvgIpc) is 3.81. The molecule has 9 aromatic carbocycles. The van der Waals surface area contributed by atoms with E-state index in [9.17, 15) is 0 Å². The maximum absolute atomic E-state index is 2.53. The van der Waals surface area contributed by atoms with Gasteiger partial charge in [-0.2, -0.15) is 0 Å². The SMILES string of the molecule is Cc1ccc2c(c1)C1(c3ccccc3-c3ccc(N(c4ccc(-c5ccccc5-c5ccccc5-c5ccccc5)cc4)c4ccc(C5CCCCC5)cc4)cc31)c1cc(C)ccc1-2. The predicted octanol–water partition coefficient (Wildman–Crippen LogP) is 17.2. The summed E-state index contributed by atoms with van der Waals surface area (Å²) in [6.07, 6.45) is 6.60. The molecule has 1 saturated carbocycles. The molecule has 0 atom stereocenters. The molecule has 1 nitrogen and oxygen atoms in total. The third-order valence-electron chi connectivity index (χ3n) is 14.6. The van der Waals surface area contributed by atoms with Gasteiger partial charge < -0.3 is 4.90 Å². The smallest absolute Gasteiger partial charge is 0.0726 e. The molecule has 0 aromatic heterocycles. The molecule has 0 bridgehead atoms. The Morgan fingerprint density at radius 2 is 0.781 bits per heavy atom. The van der Waals surface area contributed by atoms with Gasteiger partial charge >= 0.3 is 0 Å². The first-order valence-corrected chi connectivity index (χ1v) is 23.3. The number of aryl methyl sites for hydroxylation is 2. The van der Waals surface area contributed by atoms with Crippen molar-refractivity contribution in [3.05, 3.63) is 245 Å². The maximum atomic E-state index is 2.53. The van der Waals surface area contributed by atoms with Crippen LogP contribution in [0.5, 0.6) is 0 Å². The summed E-state index contributed by atoms with van der Waals surface area (Å²) in [6.45, 7) is 4.48. The van der Waals surface area contributed by atoms with Crippen LogP contribution < -0.4 is 4.90 Å². The van der Waals surface area contributed by atoms with Gasteiger partial charge in [-0.25, -0.2) is 0 Å². The summed E-state index contributed by atoms with van der Waals surface area (Å²) in [5, 5.41) is 0. The first kappa shape index (κ1) is 38.5. The molecule has 0 N–H and O–H groups in total. The van der Waals surface area contributed by atoms with Crippen molar-refractivity contribution in [3.63, 3.8) is 0 Å². The largest absolute Gasteiger partial charge is 0.310 e. The van der Waals surface area contributed by atoms with Crippen LogP contribution in [0.15, 0.2) is 206 Å². The molecule has 0 saturated heterocycles. The van der Waals surface area contributed by atoms with Crippen LogP contribution >= 0.6 is 0 Å². The molecule has 0 aliphatic heterocycles. The highest BCUT2D eigenvalue weighted by molar-refractivity contribution is 5.97. The Bertz CT molecular complexity index is 3150. The van der Waals surface area contributed by atoms with E-state index < -0.39 is 5.41 Å². The minimum atomic E-state index is -0.426. The van der Waals surface area contributed by atoms with Crippen LogP contribution in [0.3, 0.4) is 0 Å². The van der Waals surface area contributed by atoms with E-state index in [1.54, 1.807) is 0 Å². The minimum Gasteiger partial charge on any atom is -0.310 e. The van der Waals surface area contributed by atoms with E-state index in [0.29, 0.717) is 5.92 Å². The van der Waals surface area contributed by atoms with E-state index in [-0.39, 0.29) is 0 Å². The van der Waals surface area contributed by atoms with E-state index in [0.717, 1.165) is 11.4 Å². The Hall–Kier alpha value is -7.22. The van der Waals surface area contributed by atoms with Gasteiger partial charge in [0.1, 0.15) is 0 Å². The number of anilines is 3. The Kier molecular flexibility index (Phi) is 9.34.